The molecule has 0 aliphatic carbocycles. The van der Waals surface area contributed by atoms with Crippen molar-refractivity contribution in [3.8, 4) is 0 Å². The summed E-state index contributed by atoms with van der Waals surface area (Å²) in [5, 5.41) is 13.5. The number of piperidine rings is 1. The lowest BCUT2D eigenvalue weighted by Crippen LogP contribution is -2.59. The molecule has 2 heterocycles. The molecule has 2 N–H and O–H groups in total. The third kappa shape index (κ3) is 3.03. The van der Waals surface area contributed by atoms with Crippen LogP contribution in [0.25, 0.3) is 0 Å². The number of hydrogen-bond acceptors (Lipinski definition) is 5. The van der Waals surface area contributed by atoms with Crippen LogP contribution >= 0.6 is 0 Å². The van der Waals surface area contributed by atoms with Crippen molar-refractivity contribution in [1.82, 2.24) is 15.3 Å². The monoisotopic (exact) mass is 297 g/mol. The third-order valence-electron chi connectivity index (χ3n) is 4.21. The van der Waals surface area contributed by atoms with Gasteiger partial charge in [0.1, 0.15) is 0 Å². The highest BCUT2D eigenvalue weighted by Crippen LogP contribution is 2.34. The molecule has 7 nitrogen and oxygen atoms in total. The molecule has 2 aliphatic rings. The first-order valence-corrected chi connectivity index (χ1v) is 7.25. The van der Waals surface area contributed by atoms with Crippen LogP contribution in [0.2, 0.25) is 0 Å². The van der Waals surface area contributed by atoms with E-state index in [1.54, 1.807) is 6.08 Å². The Labute approximate surface area is 124 Å². The molecular weight excluding hydrogens is 274 g/mol. The van der Waals surface area contributed by atoms with Crippen LogP contribution in [-0.4, -0.2) is 58.5 Å². The van der Waals surface area contributed by atoms with Crippen molar-refractivity contribution < 1.29 is 19.5 Å². The predicted octanol–water partition coefficient (Wildman–Crippen LogP) is 1.03. The van der Waals surface area contributed by atoms with E-state index in [0.717, 1.165) is 0 Å². The molecule has 1 unspecified atom stereocenters. The van der Waals surface area contributed by atoms with Crippen molar-refractivity contribution in [2.24, 2.45) is 5.92 Å². The summed E-state index contributed by atoms with van der Waals surface area (Å²) in [5.74, 6) is 0.301. The van der Waals surface area contributed by atoms with Crippen LogP contribution in [0.3, 0.4) is 0 Å². The fourth-order valence-corrected chi connectivity index (χ4v) is 3.13. The topological polar surface area (TPSA) is 82.1 Å². The molecule has 7 heteroatoms. The number of hydrogen-bond donors (Lipinski definition) is 2. The number of carboxylic acid groups (broad SMARTS) is 1. The van der Waals surface area contributed by atoms with Crippen molar-refractivity contribution >= 4 is 12.1 Å². The second-order valence-electron chi connectivity index (χ2n) is 5.92. The summed E-state index contributed by atoms with van der Waals surface area (Å²) in [5.41, 5.74) is -0.418. The fraction of sp³-hybridized carbons (Fsp3) is 0.714. The van der Waals surface area contributed by atoms with Gasteiger partial charge in [-0.15, -0.1) is 11.6 Å². The zero-order valence-corrected chi connectivity index (χ0v) is 12.5. The minimum absolute atomic E-state index is 0.0949. The summed E-state index contributed by atoms with van der Waals surface area (Å²) >= 11 is 0. The highest BCUT2D eigenvalue weighted by molar-refractivity contribution is 5.85. The Bertz CT molecular complexity index is 430. The Morgan fingerprint density at radius 1 is 1.57 bits per heavy atom. The predicted molar refractivity (Wildman–Crippen MR) is 76.3 cm³/mol. The van der Waals surface area contributed by atoms with E-state index in [4.69, 9.17) is 5.11 Å². The van der Waals surface area contributed by atoms with Gasteiger partial charge in [0.05, 0.1) is 11.7 Å². The molecule has 118 valence electrons. The maximum absolute atomic E-state index is 12.5. The van der Waals surface area contributed by atoms with Gasteiger partial charge >= 0.3 is 6.16 Å². The van der Waals surface area contributed by atoms with Crippen LogP contribution in [0.1, 0.15) is 26.7 Å². The number of nitrogens with zero attached hydrogens (tertiary/aromatic N) is 2. The first-order valence-electron chi connectivity index (χ1n) is 7.25. The van der Waals surface area contributed by atoms with Gasteiger partial charge in [0.15, 0.2) is 0 Å². The summed E-state index contributed by atoms with van der Waals surface area (Å²) in [4.78, 5) is 29.7. The van der Waals surface area contributed by atoms with Crippen LogP contribution in [0.15, 0.2) is 12.7 Å². The molecule has 1 spiro atoms. The summed E-state index contributed by atoms with van der Waals surface area (Å²) in [6.07, 6.45) is 1.68. The molecule has 0 radical (unpaired) electrons. The summed E-state index contributed by atoms with van der Waals surface area (Å²) in [6.45, 7) is 9.18. The lowest BCUT2D eigenvalue weighted by atomic mass is 9.96. The smallest absolute Gasteiger partial charge is 0.448 e. The number of carbonyl (C=O) groups excluding carboxylic acids is 1. The minimum atomic E-state index is -1.30. The first-order chi connectivity index (χ1) is 9.89. The van der Waals surface area contributed by atoms with E-state index in [1.807, 2.05) is 18.7 Å². The molecular formula is C14H23N3O4. The molecule has 21 heavy (non-hydrogen) atoms. The average molecular weight is 297 g/mol. The molecule has 1 amide bonds. The molecule has 0 saturated carbocycles. The van der Waals surface area contributed by atoms with Crippen LogP contribution < -0.4 is 5.32 Å². The summed E-state index contributed by atoms with van der Waals surface area (Å²) < 4.78 is 0. The van der Waals surface area contributed by atoms with Gasteiger partial charge in [-0.05, 0) is 5.92 Å². The summed E-state index contributed by atoms with van der Waals surface area (Å²) in [7, 11) is 0. The molecule has 2 aliphatic heterocycles. The molecule has 0 aromatic carbocycles. The third-order valence-corrected chi connectivity index (χ3v) is 4.21. The van der Waals surface area contributed by atoms with Gasteiger partial charge in [-0.25, -0.2) is 4.79 Å². The zero-order chi connectivity index (χ0) is 15.6. The zero-order valence-electron chi connectivity index (χ0n) is 12.5. The molecule has 0 bridgehead atoms. The van der Waals surface area contributed by atoms with Crippen LogP contribution in [0.5, 0.6) is 0 Å². The van der Waals surface area contributed by atoms with Gasteiger partial charge in [0.25, 0.3) is 0 Å². The number of nitrogens with one attached hydrogen (secondary N) is 1. The maximum Gasteiger partial charge on any atom is 0.525 e. The van der Waals surface area contributed by atoms with E-state index in [1.165, 1.54) is 5.06 Å². The Balaban J connectivity index is 2.11. The highest BCUT2D eigenvalue weighted by Gasteiger charge is 2.51. The average Bonchev–Trinajstić information content (AvgIpc) is 2.68. The van der Waals surface area contributed by atoms with Crippen LogP contribution in [-0.2, 0) is 9.63 Å². The Hall–Kier alpha value is -1.60. The normalized spacial score (nSPS) is 25.6. The quantitative estimate of drug-likeness (QED) is 0.754. The Morgan fingerprint density at radius 2 is 2.19 bits per heavy atom. The van der Waals surface area contributed by atoms with Gasteiger partial charge in [0, 0.05) is 32.5 Å². The molecule has 0 aromatic rings. The van der Waals surface area contributed by atoms with Crippen molar-refractivity contribution in [2.45, 2.75) is 38.4 Å². The van der Waals surface area contributed by atoms with E-state index in [9.17, 15) is 9.59 Å². The SMILES string of the molecule is C=CCN1C(=O)C(C(C)C)NC12CCN(OC(=O)O)CC2. The Kier molecular flexibility index (Phi) is 4.53. The highest BCUT2D eigenvalue weighted by atomic mass is 16.8. The van der Waals surface area contributed by atoms with Gasteiger partial charge < -0.3 is 14.8 Å². The molecule has 0 aromatic heterocycles. The largest absolute Gasteiger partial charge is 0.525 e. The second-order valence-corrected chi connectivity index (χ2v) is 5.92. The van der Waals surface area contributed by atoms with Crippen molar-refractivity contribution in [1.29, 1.82) is 0 Å². The summed E-state index contributed by atoms with van der Waals surface area (Å²) in [6, 6.07) is -0.197. The van der Waals surface area contributed by atoms with Gasteiger partial charge in [-0.3, -0.25) is 10.1 Å². The lowest BCUT2D eigenvalue weighted by Gasteiger charge is -2.43. The van der Waals surface area contributed by atoms with Gasteiger partial charge in [-0.2, -0.15) is 0 Å². The maximum atomic E-state index is 12.5. The molecule has 1 atom stereocenters. The van der Waals surface area contributed by atoms with Gasteiger partial charge in [-0.1, -0.05) is 19.9 Å². The van der Waals surface area contributed by atoms with Crippen molar-refractivity contribution in [3.63, 3.8) is 0 Å². The number of rotatable bonds is 4. The standard InChI is InChI=1S/C14H23N3O4/c1-4-7-17-12(18)11(10(2)3)15-14(17)5-8-16(9-6-14)21-13(19)20/h4,10-11,15H,1,5-9H2,2-3H3,(H,19,20). The van der Waals surface area contributed by atoms with E-state index < -0.39 is 11.8 Å². The number of hydroxylamine groups is 2. The van der Waals surface area contributed by atoms with Crippen molar-refractivity contribution in [3.05, 3.63) is 12.7 Å². The van der Waals surface area contributed by atoms with E-state index in [-0.39, 0.29) is 17.9 Å². The van der Waals surface area contributed by atoms with E-state index >= 15 is 0 Å². The first kappa shape index (κ1) is 15.8. The lowest BCUT2D eigenvalue weighted by molar-refractivity contribution is -0.155. The van der Waals surface area contributed by atoms with Crippen LogP contribution in [0.4, 0.5) is 4.79 Å². The van der Waals surface area contributed by atoms with E-state index in [0.29, 0.717) is 32.5 Å². The minimum Gasteiger partial charge on any atom is -0.448 e. The molecule has 2 rings (SSSR count). The number of carbonyl (C=O) groups is 2. The number of amides is 1. The Morgan fingerprint density at radius 3 is 2.67 bits per heavy atom. The second kappa shape index (κ2) is 6.03. The van der Waals surface area contributed by atoms with Gasteiger partial charge in [0.2, 0.25) is 5.91 Å². The van der Waals surface area contributed by atoms with Crippen molar-refractivity contribution in [2.75, 3.05) is 19.6 Å². The molecule has 2 fully saturated rings. The van der Waals surface area contributed by atoms with Crippen LogP contribution in [0, 0.1) is 5.92 Å². The fourth-order valence-electron chi connectivity index (χ4n) is 3.13. The van der Waals surface area contributed by atoms with E-state index in [2.05, 4.69) is 16.7 Å². The molecule has 2 saturated heterocycles.